The van der Waals surface area contributed by atoms with Gasteiger partial charge in [-0.05, 0) is 55.3 Å². The third kappa shape index (κ3) is 4.91. The summed E-state index contributed by atoms with van der Waals surface area (Å²) in [5.41, 5.74) is -0.168. The van der Waals surface area contributed by atoms with E-state index in [1.54, 1.807) is 23.1 Å². The average molecular weight is 458 g/mol. The summed E-state index contributed by atoms with van der Waals surface area (Å²) in [6, 6.07) is 6.33. The van der Waals surface area contributed by atoms with Crippen LogP contribution >= 0.6 is 11.6 Å². The fourth-order valence-electron chi connectivity index (χ4n) is 4.03. The number of alkyl halides is 3. The Labute approximate surface area is 183 Å². The Morgan fingerprint density at radius 3 is 2.48 bits per heavy atom. The Hall–Kier alpha value is -2.45. The number of carboxylic acids is 1. The summed E-state index contributed by atoms with van der Waals surface area (Å²) in [5.74, 6) is -0.157. The quantitative estimate of drug-likeness (QED) is 0.629. The van der Waals surface area contributed by atoms with Gasteiger partial charge in [0.25, 0.3) is 0 Å². The van der Waals surface area contributed by atoms with Crippen LogP contribution in [0, 0.1) is 0 Å². The summed E-state index contributed by atoms with van der Waals surface area (Å²) < 4.78 is 51.1. The molecule has 31 heavy (non-hydrogen) atoms. The van der Waals surface area contributed by atoms with E-state index in [2.05, 4.69) is 0 Å². The number of ether oxygens (including phenoxy) is 2. The van der Waals surface area contributed by atoms with E-state index in [1.165, 1.54) is 20.3 Å². The second-order valence-corrected chi connectivity index (χ2v) is 7.74. The monoisotopic (exact) mass is 457 g/mol. The first kappa shape index (κ1) is 23.2. The Morgan fingerprint density at radius 1 is 1.13 bits per heavy atom. The zero-order valence-corrected chi connectivity index (χ0v) is 17.8. The normalized spacial score (nSPS) is 18.5. The maximum absolute atomic E-state index is 13.5. The number of aliphatic carboxylic acids is 1. The molecule has 2 aromatic carbocycles. The molecule has 0 amide bonds. The number of nitrogens with zero attached hydrogens (tertiary/aromatic N) is 1. The summed E-state index contributed by atoms with van der Waals surface area (Å²) in [6.07, 6.45) is -2.74. The Morgan fingerprint density at radius 2 is 1.87 bits per heavy atom. The lowest BCUT2D eigenvalue weighted by atomic mass is 9.90. The predicted molar refractivity (Wildman–Crippen MR) is 110 cm³/mol. The van der Waals surface area contributed by atoms with Crippen molar-refractivity contribution in [2.75, 3.05) is 20.8 Å². The molecule has 5 nitrogen and oxygen atoms in total. The molecule has 0 bridgehead atoms. The van der Waals surface area contributed by atoms with Gasteiger partial charge in [-0.15, -0.1) is 0 Å². The van der Waals surface area contributed by atoms with Crippen LogP contribution in [-0.4, -0.2) is 42.8 Å². The first-order valence-electron chi connectivity index (χ1n) is 9.74. The third-order valence-corrected chi connectivity index (χ3v) is 5.86. The molecule has 0 aliphatic carbocycles. The lowest BCUT2D eigenvalue weighted by Crippen LogP contribution is -2.47. The van der Waals surface area contributed by atoms with Crippen molar-refractivity contribution in [1.82, 2.24) is 4.90 Å². The van der Waals surface area contributed by atoms with Gasteiger partial charge in [0.15, 0.2) is 0 Å². The number of hydrogen-bond donors (Lipinski definition) is 1. The van der Waals surface area contributed by atoms with Crippen LogP contribution in [0.3, 0.4) is 0 Å². The molecule has 0 spiro atoms. The zero-order chi connectivity index (χ0) is 22.8. The highest BCUT2D eigenvalue weighted by atomic mass is 35.5. The van der Waals surface area contributed by atoms with Gasteiger partial charge in [-0.3, -0.25) is 9.69 Å². The maximum Gasteiger partial charge on any atom is 0.416 e. The third-order valence-electron chi connectivity index (χ3n) is 5.51. The predicted octanol–water partition coefficient (Wildman–Crippen LogP) is 5.40. The van der Waals surface area contributed by atoms with Gasteiger partial charge in [-0.1, -0.05) is 18.0 Å². The number of carbonyl (C=O) groups is 1. The topological polar surface area (TPSA) is 59.0 Å². The van der Waals surface area contributed by atoms with E-state index < -0.39 is 29.8 Å². The van der Waals surface area contributed by atoms with Crippen molar-refractivity contribution < 1.29 is 32.5 Å². The van der Waals surface area contributed by atoms with E-state index >= 15 is 0 Å². The van der Waals surface area contributed by atoms with Gasteiger partial charge >= 0.3 is 12.1 Å². The highest BCUT2D eigenvalue weighted by Crippen LogP contribution is 2.43. The highest BCUT2D eigenvalue weighted by molar-refractivity contribution is 6.31. The van der Waals surface area contributed by atoms with Crippen molar-refractivity contribution in [2.45, 2.75) is 37.5 Å². The minimum Gasteiger partial charge on any atom is -0.497 e. The standard InChI is InChI=1S/C22H23ClF3NO4/c1-30-14-7-8-15(19(12-14)31-2)20(27-10-4-3-5-18(27)21(28)29)16-11-13(22(24,25)26)6-9-17(16)23/h6-9,11-12,18,20H,3-5,10H2,1-2H3,(H,28,29). The molecule has 1 N–H and O–H groups in total. The molecule has 3 rings (SSSR count). The molecule has 2 atom stereocenters. The number of halogens is 4. The summed E-state index contributed by atoms with van der Waals surface area (Å²) in [7, 11) is 2.93. The van der Waals surface area contributed by atoms with Gasteiger partial charge in [-0.2, -0.15) is 13.2 Å². The van der Waals surface area contributed by atoms with E-state index in [4.69, 9.17) is 21.1 Å². The minimum atomic E-state index is -4.57. The second-order valence-electron chi connectivity index (χ2n) is 7.33. The Kier molecular flexibility index (Phi) is 7.01. The molecule has 1 saturated heterocycles. The van der Waals surface area contributed by atoms with Gasteiger partial charge in [0.2, 0.25) is 0 Å². The van der Waals surface area contributed by atoms with Gasteiger partial charge in [-0.25, -0.2) is 0 Å². The lowest BCUT2D eigenvalue weighted by molar-refractivity contribution is -0.145. The van der Waals surface area contributed by atoms with Gasteiger partial charge in [0.1, 0.15) is 17.5 Å². The van der Waals surface area contributed by atoms with Crippen molar-refractivity contribution in [2.24, 2.45) is 0 Å². The van der Waals surface area contributed by atoms with Crippen molar-refractivity contribution in [3.05, 3.63) is 58.1 Å². The number of likely N-dealkylation sites (tertiary alicyclic amines) is 1. The molecule has 1 fully saturated rings. The number of carboxylic acid groups (broad SMARTS) is 1. The van der Waals surface area contributed by atoms with Gasteiger partial charge in [0, 0.05) is 16.7 Å². The largest absolute Gasteiger partial charge is 0.497 e. The molecular weight excluding hydrogens is 435 g/mol. The van der Waals surface area contributed by atoms with Crippen LogP contribution in [0.2, 0.25) is 5.02 Å². The molecule has 1 aliphatic heterocycles. The molecule has 9 heteroatoms. The van der Waals surface area contributed by atoms with E-state index in [0.29, 0.717) is 30.0 Å². The van der Waals surface area contributed by atoms with Gasteiger partial charge < -0.3 is 14.6 Å². The number of hydrogen-bond acceptors (Lipinski definition) is 4. The maximum atomic E-state index is 13.5. The summed E-state index contributed by atoms with van der Waals surface area (Å²) in [5, 5.41) is 9.92. The Balaban J connectivity index is 2.25. The molecule has 0 radical (unpaired) electrons. The zero-order valence-electron chi connectivity index (χ0n) is 17.1. The fourth-order valence-corrected chi connectivity index (χ4v) is 4.25. The minimum absolute atomic E-state index is 0.116. The first-order chi connectivity index (χ1) is 14.7. The van der Waals surface area contributed by atoms with Crippen LogP contribution in [-0.2, 0) is 11.0 Å². The van der Waals surface area contributed by atoms with Crippen LogP contribution in [0.4, 0.5) is 13.2 Å². The molecule has 1 aliphatic rings. The molecule has 1 heterocycles. The van der Waals surface area contributed by atoms with E-state index in [9.17, 15) is 23.1 Å². The van der Waals surface area contributed by atoms with Crippen LogP contribution in [0.1, 0.15) is 42.0 Å². The average Bonchev–Trinajstić information content (AvgIpc) is 2.74. The van der Waals surface area contributed by atoms with Crippen LogP contribution in [0.15, 0.2) is 36.4 Å². The highest BCUT2D eigenvalue weighted by Gasteiger charge is 2.39. The van der Waals surface area contributed by atoms with Crippen LogP contribution in [0.25, 0.3) is 0 Å². The fraction of sp³-hybridized carbons (Fsp3) is 0.409. The molecule has 2 unspecified atom stereocenters. The number of rotatable bonds is 6. The smallest absolute Gasteiger partial charge is 0.416 e. The van der Waals surface area contributed by atoms with Crippen molar-refractivity contribution in [3.8, 4) is 11.5 Å². The first-order valence-corrected chi connectivity index (χ1v) is 10.1. The molecule has 2 aromatic rings. The molecular formula is C22H23ClF3NO4. The number of methoxy groups -OCH3 is 2. The van der Waals surface area contributed by atoms with Crippen LogP contribution < -0.4 is 9.47 Å². The van der Waals surface area contributed by atoms with E-state index in [0.717, 1.165) is 25.0 Å². The van der Waals surface area contributed by atoms with Crippen LogP contribution in [0.5, 0.6) is 11.5 Å². The molecule has 0 saturated carbocycles. The van der Waals surface area contributed by atoms with E-state index in [1.807, 2.05) is 0 Å². The second kappa shape index (κ2) is 9.36. The van der Waals surface area contributed by atoms with Gasteiger partial charge in [0.05, 0.1) is 25.8 Å². The summed E-state index contributed by atoms with van der Waals surface area (Å²) >= 11 is 6.38. The number of piperidine rings is 1. The molecule has 168 valence electrons. The SMILES string of the molecule is COc1ccc(C(c2cc(C(F)(F)F)ccc2Cl)N2CCCCC2C(=O)O)c(OC)c1. The lowest BCUT2D eigenvalue weighted by Gasteiger charge is -2.40. The molecule has 0 aromatic heterocycles. The Bertz CT molecular complexity index is 951. The summed E-state index contributed by atoms with van der Waals surface area (Å²) in [6.45, 7) is 0.392. The van der Waals surface area contributed by atoms with Crippen molar-refractivity contribution >= 4 is 17.6 Å². The van der Waals surface area contributed by atoms with Crippen molar-refractivity contribution in [3.63, 3.8) is 0 Å². The van der Waals surface area contributed by atoms with E-state index in [-0.39, 0.29) is 10.6 Å². The summed E-state index contributed by atoms with van der Waals surface area (Å²) in [4.78, 5) is 13.7. The van der Waals surface area contributed by atoms with Crippen molar-refractivity contribution in [1.29, 1.82) is 0 Å². The number of benzene rings is 2.